The predicted molar refractivity (Wildman–Crippen MR) is 244 cm³/mol. The third-order valence-electron chi connectivity index (χ3n) is 11.4. The molecular weight excluding hydrogens is 800 g/mol. The lowest BCUT2D eigenvalue weighted by Gasteiger charge is -2.32. The molecule has 0 radical (unpaired) electrons. The number of ether oxygens (including phenoxy) is 2. The summed E-state index contributed by atoms with van der Waals surface area (Å²) in [6.45, 7) is 10.7. The molecule has 1 aliphatic rings. The van der Waals surface area contributed by atoms with Crippen LogP contribution < -0.4 is 10.1 Å². The fourth-order valence-electron chi connectivity index (χ4n) is 7.93. The normalized spacial score (nSPS) is 14.0. The van der Waals surface area contributed by atoms with E-state index in [0.717, 1.165) is 31.2 Å². The van der Waals surface area contributed by atoms with Crippen molar-refractivity contribution in [3.8, 4) is 16.9 Å². The van der Waals surface area contributed by atoms with Crippen molar-refractivity contribution in [3.05, 3.63) is 58.2 Å². The molecule has 1 aromatic carbocycles. The van der Waals surface area contributed by atoms with Crippen molar-refractivity contribution in [1.29, 1.82) is 0 Å². The van der Waals surface area contributed by atoms with Crippen molar-refractivity contribution in [2.75, 3.05) is 18.4 Å². The van der Waals surface area contributed by atoms with Crippen LogP contribution in [-0.2, 0) is 9.53 Å². The third-order valence-corrected chi connectivity index (χ3v) is 12.1. The molecule has 2 amide bonds. The van der Waals surface area contributed by atoms with Crippen LogP contribution in [0.15, 0.2) is 36.8 Å². The highest BCUT2D eigenvalue weighted by atomic mass is 35.5. The number of anilines is 1. The van der Waals surface area contributed by atoms with Crippen molar-refractivity contribution in [2.45, 2.75) is 194 Å². The van der Waals surface area contributed by atoms with Crippen LogP contribution in [0.2, 0.25) is 10.0 Å². The van der Waals surface area contributed by atoms with Gasteiger partial charge in [-0.05, 0) is 65.2 Å². The molecule has 334 valence electrons. The minimum absolute atomic E-state index is 0.119. The molecule has 0 aliphatic carbocycles. The molecule has 2 aromatic heterocycles. The number of benzene rings is 1. The van der Waals surface area contributed by atoms with Crippen molar-refractivity contribution >= 4 is 41.0 Å². The molecule has 3 aromatic rings. The lowest BCUT2D eigenvalue weighted by atomic mass is 10.0. The van der Waals surface area contributed by atoms with E-state index in [-0.39, 0.29) is 39.1 Å². The Morgan fingerprint density at radius 2 is 1.38 bits per heavy atom. The van der Waals surface area contributed by atoms with Gasteiger partial charge >= 0.3 is 6.09 Å². The van der Waals surface area contributed by atoms with Crippen molar-refractivity contribution in [3.63, 3.8) is 0 Å². The Morgan fingerprint density at radius 1 is 0.833 bits per heavy atom. The van der Waals surface area contributed by atoms with E-state index in [4.69, 9.17) is 32.7 Å². The molecule has 1 aliphatic heterocycles. The molecule has 0 bridgehead atoms. The standard InChI is InChI=1S/C48H72Cl2FN5O4/c1-6-7-8-9-10-11-12-13-14-15-16-17-18-19-20-21-22-23-24-25-43(57)55-30-28-39(29-31-55)56-35-38(34-53-56)37-32-42(46(52-33-37)54-47(58)60-48(3,4)5)59-36(2)44-40(49)26-27-41(51)45(44)50/h26-27,32-36,39H,6-25,28-31H2,1-5H3,(H,52,54,58)/t36-/m1/s1. The van der Waals surface area contributed by atoms with Crippen LogP contribution in [-0.4, -0.2) is 50.4 Å². The Hall–Kier alpha value is -3.37. The Labute approximate surface area is 369 Å². The fourth-order valence-corrected chi connectivity index (χ4v) is 8.61. The number of nitrogens with one attached hydrogen (secondary N) is 1. The van der Waals surface area contributed by atoms with Gasteiger partial charge in [-0.1, -0.05) is 146 Å². The van der Waals surface area contributed by atoms with E-state index in [9.17, 15) is 14.0 Å². The maximum Gasteiger partial charge on any atom is 0.413 e. The number of carbonyl (C=O) groups is 2. The van der Waals surface area contributed by atoms with E-state index < -0.39 is 23.6 Å². The van der Waals surface area contributed by atoms with Gasteiger partial charge in [0, 0.05) is 53.6 Å². The molecule has 4 rings (SSSR count). The van der Waals surface area contributed by atoms with Crippen molar-refractivity contribution < 1.29 is 23.5 Å². The van der Waals surface area contributed by atoms with Gasteiger partial charge in [-0.3, -0.25) is 14.8 Å². The first kappa shape index (κ1) is 49.3. The van der Waals surface area contributed by atoms with Crippen LogP contribution in [0, 0.1) is 5.82 Å². The molecule has 12 heteroatoms. The van der Waals surface area contributed by atoms with E-state index in [2.05, 4.69) is 22.3 Å². The van der Waals surface area contributed by atoms with E-state index >= 15 is 0 Å². The van der Waals surface area contributed by atoms with Gasteiger partial charge in [0.15, 0.2) is 11.6 Å². The van der Waals surface area contributed by atoms with Gasteiger partial charge in [-0.2, -0.15) is 5.10 Å². The second-order valence-corrected chi connectivity index (χ2v) is 18.4. The third kappa shape index (κ3) is 17.2. The molecule has 0 unspecified atom stereocenters. The highest BCUT2D eigenvalue weighted by Crippen LogP contribution is 2.38. The van der Waals surface area contributed by atoms with Crippen LogP contribution in [0.1, 0.15) is 194 Å². The van der Waals surface area contributed by atoms with E-state index in [0.29, 0.717) is 25.1 Å². The number of halogens is 3. The van der Waals surface area contributed by atoms with Gasteiger partial charge in [0.05, 0.1) is 17.3 Å². The monoisotopic (exact) mass is 871 g/mol. The molecular formula is C48H72Cl2FN5O4. The lowest BCUT2D eigenvalue weighted by molar-refractivity contribution is -0.132. The van der Waals surface area contributed by atoms with Crippen LogP contribution in [0.5, 0.6) is 5.75 Å². The summed E-state index contributed by atoms with van der Waals surface area (Å²) in [5, 5.41) is 7.44. The topological polar surface area (TPSA) is 98.6 Å². The molecule has 60 heavy (non-hydrogen) atoms. The highest BCUT2D eigenvalue weighted by Gasteiger charge is 2.26. The quantitative estimate of drug-likeness (QED) is 0.0637. The maximum absolute atomic E-state index is 14.4. The number of unbranched alkanes of at least 4 members (excludes halogenated alkanes) is 18. The number of carbonyl (C=O) groups excluding carboxylic acids is 2. The number of amides is 2. The number of aromatic nitrogens is 3. The Kier molecular flexibility index (Phi) is 21.5. The summed E-state index contributed by atoms with van der Waals surface area (Å²) in [6, 6.07) is 4.51. The second kappa shape index (κ2) is 26.2. The molecule has 3 heterocycles. The number of likely N-dealkylation sites (tertiary alicyclic amines) is 1. The zero-order valence-electron chi connectivity index (χ0n) is 37.1. The number of hydrogen-bond acceptors (Lipinski definition) is 6. The van der Waals surface area contributed by atoms with Crippen molar-refractivity contribution in [2.24, 2.45) is 0 Å². The average Bonchev–Trinajstić information content (AvgIpc) is 3.71. The first-order chi connectivity index (χ1) is 28.9. The Morgan fingerprint density at radius 3 is 1.93 bits per heavy atom. The van der Waals surface area contributed by atoms with Crippen LogP contribution in [0.3, 0.4) is 0 Å². The van der Waals surface area contributed by atoms with Crippen LogP contribution >= 0.6 is 23.2 Å². The first-order valence-corrected chi connectivity index (χ1v) is 23.7. The summed E-state index contributed by atoms with van der Waals surface area (Å²) in [5.74, 6) is -0.0284. The predicted octanol–water partition coefficient (Wildman–Crippen LogP) is 14.9. The average molecular weight is 873 g/mol. The van der Waals surface area contributed by atoms with Gasteiger partial charge in [0.25, 0.3) is 0 Å². The van der Waals surface area contributed by atoms with Gasteiger partial charge in [-0.15, -0.1) is 0 Å². The highest BCUT2D eigenvalue weighted by molar-refractivity contribution is 6.36. The summed E-state index contributed by atoms with van der Waals surface area (Å²) >= 11 is 12.7. The molecule has 0 saturated carbocycles. The fraction of sp³-hybridized carbons (Fsp3) is 0.667. The van der Waals surface area contributed by atoms with Crippen molar-refractivity contribution in [1.82, 2.24) is 19.7 Å². The smallest absolute Gasteiger partial charge is 0.413 e. The molecule has 1 atom stereocenters. The van der Waals surface area contributed by atoms with E-state index in [1.807, 2.05) is 15.8 Å². The van der Waals surface area contributed by atoms with Crippen LogP contribution in [0.25, 0.3) is 11.1 Å². The number of piperidine rings is 1. The summed E-state index contributed by atoms with van der Waals surface area (Å²) in [5.41, 5.74) is 1.04. The maximum atomic E-state index is 14.4. The van der Waals surface area contributed by atoms with Gasteiger partial charge in [0.1, 0.15) is 17.5 Å². The molecule has 1 N–H and O–H groups in total. The summed E-state index contributed by atoms with van der Waals surface area (Å²) in [4.78, 5) is 32.3. The Balaban J connectivity index is 1.16. The van der Waals surface area contributed by atoms with E-state index in [1.165, 1.54) is 121 Å². The number of rotatable bonds is 26. The molecule has 1 saturated heterocycles. The minimum Gasteiger partial charge on any atom is -0.482 e. The summed E-state index contributed by atoms with van der Waals surface area (Å²) in [7, 11) is 0. The van der Waals surface area contributed by atoms with E-state index in [1.54, 1.807) is 46.2 Å². The molecule has 0 spiro atoms. The lowest BCUT2D eigenvalue weighted by Crippen LogP contribution is -2.39. The number of hydrogen-bond donors (Lipinski definition) is 1. The number of pyridine rings is 1. The van der Waals surface area contributed by atoms with Crippen LogP contribution in [0.4, 0.5) is 15.0 Å². The van der Waals surface area contributed by atoms with Gasteiger partial charge in [-0.25, -0.2) is 14.2 Å². The molecule has 9 nitrogen and oxygen atoms in total. The van der Waals surface area contributed by atoms with Gasteiger partial charge in [0.2, 0.25) is 5.91 Å². The summed E-state index contributed by atoms with van der Waals surface area (Å²) in [6.07, 6.45) is 31.6. The number of nitrogens with zero attached hydrogens (tertiary/aromatic N) is 4. The summed E-state index contributed by atoms with van der Waals surface area (Å²) < 4.78 is 28.0. The first-order valence-electron chi connectivity index (χ1n) is 23.0. The van der Waals surface area contributed by atoms with Gasteiger partial charge < -0.3 is 14.4 Å². The molecule has 1 fully saturated rings. The minimum atomic E-state index is -0.795. The Bertz CT molecular complexity index is 1740. The second-order valence-electron chi connectivity index (χ2n) is 17.6. The zero-order valence-corrected chi connectivity index (χ0v) is 38.7. The SMILES string of the molecule is CCCCCCCCCCCCCCCCCCCCCC(=O)N1CCC(n2cc(-c3cnc(NC(=O)OC(C)(C)C)c(O[C@H](C)c4c(Cl)ccc(F)c4Cl)c3)cn2)CC1. The zero-order chi connectivity index (χ0) is 43.3. The largest absolute Gasteiger partial charge is 0.482 e.